The fraction of sp³-hybridized carbons (Fsp3) is 0.481. The van der Waals surface area contributed by atoms with Crippen LogP contribution in [0.4, 0.5) is 0 Å². The summed E-state index contributed by atoms with van der Waals surface area (Å²) in [6, 6.07) is 3.03. The highest BCUT2D eigenvalue weighted by Crippen LogP contribution is 2.34. The lowest BCUT2D eigenvalue weighted by Crippen LogP contribution is -2.36. The summed E-state index contributed by atoms with van der Waals surface area (Å²) < 4.78 is 0. The molecule has 0 amide bonds. The van der Waals surface area contributed by atoms with E-state index in [2.05, 4.69) is 72.4 Å². The Morgan fingerprint density at radius 1 is 1.27 bits per heavy atom. The van der Waals surface area contributed by atoms with Gasteiger partial charge in [0.05, 0.1) is 15.6 Å². The van der Waals surface area contributed by atoms with Crippen LogP contribution in [-0.2, 0) is 0 Å². The molecule has 3 N–H and O–H groups in total. The highest BCUT2D eigenvalue weighted by molar-refractivity contribution is 7.15. The van der Waals surface area contributed by atoms with Gasteiger partial charge in [0.1, 0.15) is 0 Å². The Kier molecular flexibility index (Phi) is 9.70. The van der Waals surface area contributed by atoms with Gasteiger partial charge in [0.15, 0.2) is 0 Å². The molecule has 0 saturated heterocycles. The fourth-order valence-corrected chi connectivity index (χ4v) is 5.19. The van der Waals surface area contributed by atoms with Gasteiger partial charge in [-0.25, -0.2) is 4.98 Å². The minimum absolute atomic E-state index is 0.364. The van der Waals surface area contributed by atoms with Crippen LogP contribution in [0.1, 0.15) is 68.0 Å². The Morgan fingerprint density at radius 2 is 2.12 bits per heavy atom. The number of hydrogen-bond donors (Lipinski definition) is 3. The van der Waals surface area contributed by atoms with Crippen molar-refractivity contribution in [3.8, 4) is 10.6 Å². The molecular formula is C27H39N5S. The van der Waals surface area contributed by atoms with E-state index in [1.54, 1.807) is 17.5 Å². The van der Waals surface area contributed by atoms with Crippen molar-refractivity contribution in [1.29, 1.82) is 0 Å². The van der Waals surface area contributed by atoms with Crippen molar-refractivity contribution in [3.63, 3.8) is 0 Å². The molecule has 1 aliphatic carbocycles. The van der Waals surface area contributed by atoms with E-state index < -0.39 is 0 Å². The van der Waals surface area contributed by atoms with E-state index in [0.29, 0.717) is 18.0 Å². The lowest BCUT2D eigenvalue weighted by atomic mass is 9.83. The van der Waals surface area contributed by atoms with E-state index in [9.17, 15) is 0 Å². The van der Waals surface area contributed by atoms with E-state index in [4.69, 9.17) is 4.98 Å². The number of aryl methyl sites for hydroxylation is 1. The van der Waals surface area contributed by atoms with E-state index in [-0.39, 0.29) is 0 Å². The first-order valence-corrected chi connectivity index (χ1v) is 12.9. The Bertz CT molecular complexity index is 948. The molecule has 3 unspecified atom stereocenters. The molecule has 0 aliphatic heterocycles. The van der Waals surface area contributed by atoms with Crippen LogP contribution >= 0.6 is 11.3 Å². The third-order valence-electron chi connectivity index (χ3n) is 6.25. The zero-order chi connectivity index (χ0) is 23.6. The van der Waals surface area contributed by atoms with Crippen molar-refractivity contribution in [2.45, 2.75) is 70.9 Å². The van der Waals surface area contributed by atoms with Gasteiger partial charge in [0, 0.05) is 49.2 Å². The number of thiazole rings is 1. The minimum atomic E-state index is 0.364. The molecule has 5 nitrogen and oxygen atoms in total. The number of allylic oxidation sites excluding steroid dienone is 1. The molecule has 0 aromatic carbocycles. The number of fused-ring (bicyclic) bond motifs is 1. The number of nitrogens with one attached hydrogen (secondary N) is 3. The van der Waals surface area contributed by atoms with Crippen LogP contribution in [-0.4, -0.2) is 35.1 Å². The number of rotatable bonds is 14. The molecule has 0 fully saturated rings. The maximum Gasteiger partial charge on any atom is 0.0901 e. The van der Waals surface area contributed by atoms with Crippen LogP contribution in [0.15, 0.2) is 49.6 Å². The Hall–Kier alpha value is -2.44. The van der Waals surface area contributed by atoms with Gasteiger partial charge in [0.25, 0.3) is 0 Å². The predicted octanol–water partition coefficient (Wildman–Crippen LogP) is 5.78. The van der Waals surface area contributed by atoms with Gasteiger partial charge in [-0.1, -0.05) is 38.7 Å². The normalized spacial score (nSPS) is 16.6. The second-order valence-corrected chi connectivity index (χ2v) is 10.1. The zero-order valence-electron chi connectivity index (χ0n) is 20.4. The molecule has 0 spiro atoms. The number of pyridine rings is 1. The monoisotopic (exact) mass is 465 g/mol. The standard InChI is InChI=1S/C27H39N5S/c1-6-9-23(13-14-28-7-2)32-19(3)12-15-29-20(4)24-11-8-10-22-16-26(31-17-25(22)24)27-18-30-21(5)33-27/h7-8,10,16-18,20,23-24,28-29,32H,2-3,6,9,11-15H2,1,4-5H3. The Morgan fingerprint density at radius 3 is 2.85 bits per heavy atom. The average Bonchev–Trinajstić information content (AvgIpc) is 3.24. The summed E-state index contributed by atoms with van der Waals surface area (Å²) in [5, 5.41) is 11.6. The summed E-state index contributed by atoms with van der Waals surface area (Å²) in [4.78, 5) is 10.3. The Labute approximate surface area is 203 Å². The van der Waals surface area contributed by atoms with Gasteiger partial charge in [-0.3, -0.25) is 4.98 Å². The van der Waals surface area contributed by atoms with E-state index >= 15 is 0 Å². The first-order chi connectivity index (χ1) is 16.0. The molecule has 0 saturated carbocycles. The molecule has 0 bridgehead atoms. The van der Waals surface area contributed by atoms with Gasteiger partial charge in [-0.15, -0.1) is 11.3 Å². The summed E-state index contributed by atoms with van der Waals surface area (Å²) in [5.41, 5.74) is 4.73. The first-order valence-electron chi connectivity index (χ1n) is 12.1. The third-order valence-corrected chi connectivity index (χ3v) is 7.19. The third kappa shape index (κ3) is 7.27. The van der Waals surface area contributed by atoms with Crippen molar-refractivity contribution >= 4 is 17.4 Å². The smallest absolute Gasteiger partial charge is 0.0901 e. The molecule has 3 rings (SSSR count). The highest BCUT2D eigenvalue weighted by atomic mass is 32.1. The van der Waals surface area contributed by atoms with E-state index in [0.717, 1.165) is 60.0 Å². The number of aromatic nitrogens is 2. The molecule has 178 valence electrons. The van der Waals surface area contributed by atoms with E-state index in [1.165, 1.54) is 17.5 Å². The molecule has 2 aromatic rings. The largest absolute Gasteiger partial charge is 0.391 e. The second kappa shape index (κ2) is 12.7. The predicted molar refractivity (Wildman–Crippen MR) is 142 cm³/mol. The summed E-state index contributed by atoms with van der Waals surface area (Å²) in [7, 11) is 0. The van der Waals surface area contributed by atoms with Crippen molar-refractivity contribution in [2.24, 2.45) is 0 Å². The maximum atomic E-state index is 4.77. The number of nitrogens with zero attached hydrogens (tertiary/aromatic N) is 2. The second-order valence-electron chi connectivity index (χ2n) is 8.86. The summed E-state index contributed by atoms with van der Waals surface area (Å²) >= 11 is 1.69. The molecule has 0 radical (unpaired) electrons. The summed E-state index contributed by atoms with van der Waals surface area (Å²) in [5.74, 6) is 0.425. The van der Waals surface area contributed by atoms with Crippen molar-refractivity contribution in [2.75, 3.05) is 13.1 Å². The highest BCUT2D eigenvalue weighted by Gasteiger charge is 2.23. The van der Waals surface area contributed by atoms with Crippen LogP contribution in [0.25, 0.3) is 16.6 Å². The van der Waals surface area contributed by atoms with Gasteiger partial charge < -0.3 is 16.0 Å². The molecule has 3 atom stereocenters. The molecule has 2 aromatic heterocycles. The fourth-order valence-electron chi connectivity index (χ4n) is 4.44. The van der Waals surface area contributed by atoms with Crippen molar-refractivity contribution in [1.82, 2.24) is 25.9 Å². The quantitative estimate of drug-likeness (QED) is 0.309. The maximum absolute atomic E-state index is 4.77. The summed E-state index contributed by atoms with van der Waals surface area (Å²) in [6.45, 7) is 16.4. The van der Waals surface area contributed by atoms with Gasteiger partial charge in [0.2, 0.25) is 0 Å². The van der Waals surface area contributed by atoms with Crippen molar-refractivity contribution < 1.29 is 0 Å². The topological polar surface area (TPSA) is 61.9 Å². The van der Waals surface area contributed by atoms with Gasteiger partial charge in [-0.05, 0) is 62.9 Å². The van der Waals surface area contributed by atoms with Crippen LogP contribution in [0.5, 0.6) is 0 Å². The van der Waals surface area contributed by atoms with Crippen LogP contribution < -0.4 is 16.0 Å². The number of hydrogen-bond acceptors (Lipinski definition) is 6. The van der Waals surface area contributed by atoms with Gasteiger partial charge in [-0.2, -0.15) is 0 Å². The molecular weight excluding hydrogens is 426 g/mol. The molecule has 33 heavy (non-hydrogen) atoms. The molecule has 2 heterocycles. The summed E-state index contributed by atoms with van der Waals surface area (Å²) in [6.07, 6.45) is 15.6. The molecule has 1 aliphatic rings. The van der Waals surface area contributed by atoms with Crippen LogP contribution in [0.2, 0.25) is 0 Å². The zero-order valence-corrected chi connectivity index (χ0v) is 21.2. The first kappa shape index (κ1) is 25.2. The lowest BCUT2D eigenvalue weighted by molar-refractivity contribution is 0.444. The van der Waals surface area contributed by atoms with Crippen molar-refractivity contribution in [3.05, 3.63) is 65.7 Å². The average molecular weight is 466 g/mol. The Balaban J connectivity index is 1.52. The molecule has 6 heteroatoms. The SMILES string of the molecule is C=CNCCC(CCC)NC(=C)CCNC(C)C1CC=Cc2cc(-c3cnc(C)s3)ncc21. The van der Waals surface area contributed by atoms with Crippen LogP contribution in [0.3, 0.4) is 0 Å². The minimum Gasteiger partial charge on any atom is -0.391 e. The van der Waals surface area contributed by atoms with E-state index in [1.807, 2.05) is 13.1 Å². The van der Waals surface area contributed by atoms with Crippen LogP contribution in [0, 0.1) is 6.92 Å². The lowest BCUT2D eigenvalue weighted by Gasteiger charge is -2.28. The van der Waals surface area contributed by atoms with Gasteiger partial charge >= 0.3 is 0 Å².